The summed E-state index contributed by atoms with van der Waals surface area (Å²) in [5.41, 5.74) is 6.39. The Morgan fingerprint density at radius 3 is 2.56 bits per heavy atom. The number of ether oxygens (including phenoxy) is 1. The van der Waals surface area contributed by atoms with Gasteiger partial charge in [0.25, 0.3) is 5.91 Å². The summed E-state index contributed by atoms with van der Waals surface area (Å²) in [6.45, 7) is 2.41. The fourth-order valence-corrected chi connectivity index (χ4v) is 3.92. The smallest absolute Gasteiger partial charge is 0.267 e. The number of carbonyl (C=O) groups excluding carboxylic acids is 1. The van der Waals surface area contributed by atoms with Crippen LogP contribution in [0.5, 0.6) is 5.75 Å². The molecule has 0 aliphatic carbocycles. The first-order valence-electron chi connectivity index (χ1n) is 10.9. The van der Waals surface area contributed by atoms with Crippen molar-refractivity contribution in [2.75, 3.05) is 19.7 Å². The van der Waals surface area contributed by atoms with E-state index < -0.39 is 0 Å². The van der Waals surface area contributed by atoms with Crippen molar-refractivity contribution in [3.05, 3.63) is 84.2 Å². The van der Waals surface area contributed by atoms with E-state index in [9.17, 15) is 4.79 Å². The lowest BCUT2D eigenvalue weighted by Crippen LogP contribution is -2.40. The van der Waals surface area contributed by atoms with Crippen LogP contribution >= 0.6 is 0 Å². The number of amides is 1. The largest absolute Gasteiger partial charge is 0.494 e. The SMILES string of the molecule is N#Cc1ccc(-c2ccc(OCCC[C@@H]3CCN(NC(=O)c4cccnc4)C3)cc2)cc1. The lowest BCUT2D eigenvalue weighted by molar-refractivity contribution is 0.0819. The van der Waals surface area contributed by atoms with Crippen LogP contribution in [-0.4, -0.2) is 35.6 Å². The van der Waals surface area contributed by atoms with E-state index >= 15 is 0 Å². The Balaban J connectivity index is 1.16. The highest BCUT2D eigenvalue weighted by Crippen LogP contribution is 2.24. The van der Waals surface area contributed by atoms with Crippen molar-refractivity contribution in [3.8, 4) is 22.9 Å². The van der Waals surface area contributed by atoms with Crippen LogP contribution in [0.3, 0.4) is 0 Å². The van der Waals surface area contributed by atoms with Crippen LogP contribution in [0.25, 0.3) is 11.1 Å². The quantitative estimate of drug-likeness (QED) is 0.539. The molecule has 0 saturated carbocycles. The first kappa shape index (κ1) is 21.5. The Morgan fingerprint density at radius 1 is 1.12 bits per heavy atom. The summed E-state index contributed by atoms with van der Waals surface area (Å²) in [5, 5.41) is 10.9. The van der Waals surface area contributed by atoms with Crippen molar-refractivity contribution in [3.63, 3.8) is 0 Å². The van der Waals surface area contributed by atoms with E-state index in [0.29, 0.717) is 23.7 Å². The predicted molar refractivity (Wildman–Crippen MR) is 123 cm³/mol. The number of pyridine rings is 1. The maximum atomic E-state index is 12.2. The third-order valence-electron chi connectivity index (χ3n) is 5.70. The summed E-state index contributed by atoms with van der Waals surface area (Å²) in [6, 6.07) is 21.3. The number of hydrogen-bond donors (Lipinski definition) is 1. The molecule has 4 rings (SSSR count). The second-order valence-electron chi connectivity index (χ2n) is 7.99. The van der Waals surface area contributed by atoms with E-state index in [-0.39, 0.29) is 5.91 Å². The maximum Gasteiger partial charge on any atom is 0.267 e. The number of nitrogens with zero attached hydrogens (tertiary/aromatic N) is 3. The van der Waals surface area contributed by atoms with Crippen molar-refractivity contribution < 1.29 is 9.53 Å². The monoisotopic (exact) mass is 426 g/mol. The Bertz CT molecular complexity index is 1060. The first-order chi connectivity index (χ1) is 15.7. The molecule has 1 aliphatic rings. The van der Waals surface area contributed by atoms with Crippen LogP contribution < -0.4 is 10.2 Å². The van der Waals surface area contributed by atoms with Gasteiger partial charge in [0.15, 0.2) is 0 Å². The Morgan fingerprint density at radius 2 is 1.88 bits per heavy atom. The zero-order chi connectivity index (χ0) is 22.2. The summed E-state index contributed by atoms with van der Waals surface area (Å²) in [5.74, 6) is 1.32. The molecule has 1 aromatic heterocycles. The van der Waals surface area contributed by atoms with Gasteiger partial charge >= 0.3 is 0 Å². The van der Waals surface area contributed by atoms with Gasteiger partial charge in [0.05, 0.1) is 23.8 Å². The minimum absolute atomic E-state index is 0.105. The summed E-state index contributed by atoms with van der Waals surface area (Å²) < 4.78 is 5.91. The summed E-state index contributed by atoms with van der Waals surface area (Å²) in [7, 11) is 0. The third-order valence-corrected chi connectivity index (χ3v) is 5.70. The van der Waals surface area contributed by atoms with Crippen LogP contribution in [0.2, 0.25) is 0 Å². The molecule has 2 aromatic carbocycles. The summed E-state index contributed by atoms with van der Waals surface area (Å²) in [6.07, 6.45) is 6.37. The zero-order valence-electron chi connectivity index (χ0n) is 17.9. The Labute approximate surface area is 188 Å². The van der Waals surface area contributed by atoms with E-state index in [0.717, 1.165) is 49.2 Å². The minimum atomic E-state index is -0.105. The highest BCUT2D eigenvalue weighted by Gasteiger charge is 2.23. The number of hydrogen-bond acceptors (Lipinski definition) is 5. The number of benzene rings is 2. The Hall–Kier alpha value is -3.69. The first-order valence-corrected chi connectivity index (χ1v) is 10.9. The number of hydrazine groups is 1. The normalized spacial score (nSPS) is 15.8. The zero-order valence-corrected chi connectivity index (χ0v) is 17.9. The number of carbonyl (C=O) groups is 1. The van der Waals surface area contributed by atoms with E-state index in [1.165, 1.54) is 0 Å². The molecule has 1 atom stereocenters. The number of rotatable bonds is 8. The minimum Gasteiger partial charge on any atom is -0.494 e. The molecule has 0 unspecified atom stereocenters. The van der Waals surface area contributed by atoms with Gasteiger partial charge in [-0.15, -0.1) is 0 Å². The molecule has 1 amide bonds. The maximum absolute atomic E-state index is 12.2. The van der Waals surface area contributed by atoms with E-state index in [2.05, 4.69) is 16.5 Å². The average Bonchev–Trinajstić information content (AvgIpc) is 3.30. The number of nitrogens with one attached hydrogen (secondary N) is 1. The average molecular weight is 427 g/mol. The van der Waals surface area contributed by atoms with E-state index in [1.54, 1.807) is 24.5 Å². The van der Waals surface area contributed by atoms with Gasteiger partial charge < -0.3 is 4.74 Å². The van der Waals surface area contributed by atoms with Crippen molar-refractivity contribution in [1.82, 2.24) is 15.4 Å². The molecule has 6 heteroatoms. The van der Waals surface area contributed by atoms with Crippen molar-refractivity contribution in [2.24, 2.45) is 5.92 Å². The number of aromatic nitrogens is 1. The molecule has 1 saturated heterocycles. The predicted octanol–water partition coefficient (Wildman–Crippen LogP) is 4.45. The highest BCUT2D eigenvalue weighted by atomic mass is 16.5. The molecular formula is C26H26N4O2. The Kier molecular flexibility index (Phi) is 7.11. The van der Waals surface area contributed by atoms with Gasteiger partial charge in [-0.1, -0.05) is 24.3 Å². The van der Waals surface area contributed by atoms with Crippen molar-refractivity contribution >= 4 is 5.91 Å². The second-order valence-corrected chi connectivity index (χ2v) is 7.99. The number of nitriles is 1. The van der Waals surface area contributed by atoms with Crippen LogP contribution in [0.4, 0.5) is 0 Å². The molecule has 2 heterocycles. The second kappa shape index (κ2) is 10.6. The molecule has 0 spiro atoms. The molecule has 0 radical (unpaired) electrons. The summed E-state index contributed by atoms with van der Waals surface area (Å²) >= 11 is 0. The molecule has 1 N–H and O–H groups in total. The van der Waals surface area contributed by atoms with Gasteiger partial charge in [0.1, 0.15) is 5.75 Å². The third kappa shape index (κ3) is 5.71. The van der Waals surface area contributed by atoms with E-state index in [1.807, 2.05) is 53.5 Å². The van der Waals surface area contributed by atoms with Gasteiger partial charge in [-0.2, -0.15) is 5.26 Å². The molecule has 6 nitrogen and oxygen atoms in total. The highest BCUT2D eigenvalue weighted by molar-refractivity contribution is 5.93. The van der Waals surface area contributed by atoms with Gasteiger partial charge in [-0.05, 0) is 72.7 Å². The van der Waals surface area contributed by atoms with Gasteiger partial charge in [0.2, 0.25) is 0 Å². The van der Waals surface area contributed by atoms with E-state index in [4.69, 9.17) is 10.00 Å². The standard InChI is InChI=1S/C26H26N4O2/c27-17-20-5-7-22(8-6-20)23-9-11-25(12-10-23)32-16-2-3-21-13-15-30(19-21)29-26(31)24-4-1-14-28-18-24/h1,4-12,14,18,21H,2-3,13,15-16,19H2,(H,29,31)/t21-/m1/s1. The van der Waals surface area contributed by atoms with Gasteiger partial charge in [-0.25, -0.2) is 5.01 Å². The van der Waals surface area contributed by atoms with Crippen molar-refractivity contribution in [1.29, 1.82) is 5.26 Å². The molecular weight excluding hydrogens is 400 g/mol. The lowest BCUT2D eigenvalue weighted by atomic mass is 10.0. The van der Waals surface area contributed by atoms with Crippen LogP contribution in [-0.2, 0) is 0 Å². The van der Waals surface area contributed by atoms with Crippen LogP contribution in [0.1, 0.15) is 35.2 Å². The summed E-state index contributed by atoms with van der Waals surface area (Å²) in [4.78, 5) is 16.2. The van der Waals surface area contributed by atoms with Gasteiger partial charge in [-0.3, -0.25) is 15.2 Å². The van der Waals surface area contributed by atoms with Crippen molar-refractivity contribution in [2.45, 2.75) is 19.3 Å². The molecule has 0 bridgehead atoms. The topological polar surface area (TPSA) is 78.2 Å². The fourth-order valence-electron chi connectivity index (χ4n) is 3.92. The molecule has 1 aliphatic heterocycles. The van der Waals surface area contributed by atoms with Crippen LogP contribution in [0, 0.1) is 17.2 Å². The molecule has 162 valence electrons. The lowest BCUT2D eigenvalue weighted by Gasteiger charge is -2.17. The van der Waals surface area contributed by atoms with Crippen LogP contribution in [0.15, 0.2) is 73.1 Å². The molecule has 32 heavy (non-hydrogen) atoms. The fraction of sp³-hybridized carbons (Fsp3) is 0.269. The van der Waals surface area contributed by atoms with Gasteiger partial charge in [0, 0.05) is 25.5 Å². The molecule has 1 fully saturated rings. The molecule has 3 aromatic rings.